The molecule has 0 saturated heterocycles. The summed E-state index contributed by atoms with van der Waals surface area (Å²) in [5.74, 6) is -0.567. The van der Waals surface area contributed by atoms with E-state index in [1.807, 2.05) is 0 Å². The van der Waals surface area contributed by atoms with Crippen LogP contribution < -0.4 is 0 Å². The Morgan fingerprint density at radius 1 is 1.00 bits per heavy atom. The molecule has 0 N–H and O–H groups in total. The van der Waals surface area contributed by atoms with Crippen LogP contribution in [0, 0.1) is 10.1 Å². The predicted molar refractivity (Wildman–Crippen MR) is 78.5 cm³/mol. The summed E-state index contributed by atoms with van der Waals surface area (Å²) in [5.41, 5.74) is 0.0995. The molecular formula is C16H10N2O4. The molecule has 0 spiro atoms. The van der Waals surface area contributed by atoms with Crippen LogP contribution in [0.2, 0.25) is 0 Å². The molecule has 0 atom stereocenters. The van der Waals surface area contributed by atoms with Crippen LogP contribution in [0.25, 0.3) is 11.3 Å². The van der Waals surface area contributed by atoms with Crippen LogP contribution in [0.3, 0.4) is 0 Å². The summed E-state index contributed by atoms with van der Waals surface area (Å²) in [6.07, 6.45) is 0. The van der Waals surface area contributed by atoms with Gasteiger partial charge in [0, 0.05) is 11.1 Å². The standard InChI is InChI=1S/C16H10N2O4/c19-15(11-7-3-1-4-8-11)13-14(18(20)21)16(22-17-13)12-9-5-2-6-10-12/h1-10H. The smallest absolute Gasteiger partial charge is 0.347 e. The van der Waals surface area contributed by atoms with Crippen molar-refractivity contribution >= 4 is 11.5 Å². The van der Waals surface area contributed by atoms with Gasteiger partial charge in [-0.05, 0) is 0 Å². The molecule has 6 heteroatoms. The maximum atomic E-state index is 12.4. The molecule has 2 aromatic carbocycles. The van der Waals surface area contributed by atoms with Crippen molar-refractivity contribution in [2.75, 3.05) is 0 Å². The number of aromatic nitrogens is 1. The maximum Gasteiger partial charge on any atom is 0.347 e. The van der Waals surface area contributed by atoms with E-state index in [4.69, 9.17) is 4.52 Å². The molecule has 0 amide bonds. The van der Waals surface area contributed by atoms with Crippen LogP contribution in [-0.2, 0) is 0 Å². The molecule has 1 heterocycles. The molecule has 108 valence electrons. The van der Waals surface area contributed by atoms with Gasteiger partial charge in [-0.1, -0.05) is 65.8 Å². The van der Waals surface area contributed by atoms with Crippen LogP contribution in [0.1, 0.15) is 16.1 Å². The van der Waals surface area contributed by atoms with Gasteiger partial charge in [0.05, 0.1) is 4.92 Å². The zero-order valence-corrected chi connectivity index (χ0v) is 11.3. The molecule has 0 aliphatic carbocycles. The number of hydrogen-bond donors (Lipinski definition) is 0. The first-order valence-corrected chi connectivity index (χ1v) is 6.47. The van der Waals surface area contributed by atoms with Gasteiger partial charge in [-0.15, -0.1) is 0 Å². The lowest BCUT2D eigenvalue weighted by atomic mass is 10.1. The monoisotopic (exact) mass is 294 g/mol. The van der Waals surface area contributed by atoms with E-state index in [9.17, 15) is 14.9 Å². The first-order valence-electron chi connectivity index (χ1n) is 6.47. The Balaban J connectivity index is 2.13. The largest absolute Gasteiger partial charge is 0.348 e. The molecule has 22 heavy (non-hydrogen) atoms. The second kappa shape index (κ2) is 5.61. The SMILES string of the molecule is O=C(c1ccccc1)c1noc(-c2ccccc2)c1[N+](=O)[O-]. The quantitative estimate of drug-likeness (QED) is 0.417. The maximum absolute atomic E-state index is 12.4. The van der Waals surface area contributed by atoms with E-state index in [2.05, 4.69) is 5.16 Å². The lowest BCUT2D eigenvalue weighted by Crippen LogP contribution is -2.05. The topological polar surface area (TPSA) is 86.2 Å². The highest BCUT2D eigenvalue weighted by atomic mass is 16.6. The van der Waals surface area contributed by atoms with E-state index in [-0.39, 0.29) is 11.5 Å². The lowest BCUT2D eigenvalue weighted by molar-refractivity contribution is -0.384. The number of ketones is 1. The minimum atomic E-state index is -0.644. The molecule has 0 unspecified atom stereocenters. The van der Waals surface area contributed by atoms with Gasteiger partial charge in [0.25, 0.3) is 0 Å². The summed E-state index contributed by atoms with van der Waals surface area (Å²) < 4.78 is 5.07. The number of benzene rings is 2. The van der Waals surface area contributed by atoms with Gasteiger partial charge in [-0.25, -0.2) is 0 Å². The van der Waals surface area contributed by atoms with Crippen molar-refractivity contribution in [2.24, 2.45) is 0 Å². The fraction of sp³-hybridized carbons (Fsp3) is 0. The molecule has 6 nitrogen and oxygen atoms in total. The van der Waals surface area contributed by atoms with Crippen molar-refractivity contribution in [1.82, 2.24) is 5.16 Å². The molecule has 3 aromatic rings. The Morgan fingerprint density at radius 3 is 2.18 bits per heavy atom. The minimum Gasteiger partial charge on any atom is -0.348 e. The van der Waals surface area contributed by atoms with Gasteiger partial charge < -0.3 is 4.52 Å². The van der Waals surface area contributed by atoms with Crippen molar-refractivity contribution < 1.29 is 14.2 Å². The predicted octanol–water partition coefficient (Wildman–Crippen LogP) is 3.48. The summed E-state index contributed by atoms with van der Waals surface area (Å²) in [6, 6.07) is 16.8. The van der Waals surface area contributed by atoms with Gasteiger partial charge >= 0.3 is 5.69 Å². The zero-order chi connectivity index (χ0) is 15.5. The molecule has 0 bridgehead atoms. The Morgan fingerprint density at radius 2 is 1.59 bits per heavy atom. The average molecular weight is 294 g/mol. The van der Waals surface area contributed by atoms with Crippen LogP contribution in [0.5, 0.6) is 0 Å². The van der Waals surface area contributed by atoms with Gasteiger partial charge in [-0.3, -0.25) is 14.9 Å². The molecule has 0 fully saturated rings. The summed E-state index contributed by atoms with van der Waals surface area (Å²) in [6.45, 7) is 0. The molecule has 0 aliphatic rings. The summed E-state index contributed by atoms with van der Waals surface area (Å²) in [4.78, 5) is 23.1. The van der Waals surface area contributed by atoms with Crippen molar-refractivity contribution in [2.45, 2.75) is 0 Å². The second-order valence-electron chi connectivity index (χ2n) is 4.53. The fourth-order valence-corrected chi connectivity index (χ4v) is 2.11. The van der Waals surface area contributed by atoms with E-state index in [1.165, 1.54) is 0 Å². The average Bonchev–Trinajstić information content (AvgIpc) is 3.01. The number of rotatable bonds is 4. The molecule has 0 radical (unpaired) electrons. The van der Waals surface area contributed by atoms with Gasteiger partial charge in [0.1, 0.15) is 0 Å². The Labute approximate surface area is 125 Å². The van der Waals surface area contributed by atoms with Crippen LogP contribution in [0.15, 0.2) is 65.2 Å². The molecule has 1 aromatic heterocycles. The van der Waals surface area contributed by atoms with Gasteiger partial charge in [-0.2, -0.15) is 0 Å². The molecule has 3 rings (SSSR count). The fourth-order valence-electron chi connectivity index (χ4n) is 2.11. The highest BCUT2D eigenvalue weighted by Gasteiger charge is 2.32. The normalized spacial score (nSPS) is 10.4. The highest BCUT2D eigenvalue weighted by Crippen LogP contribution is 2.33. The van der Waals surface area contributed by atoms with Crippen molar-refractivity contribution in [3.05, 3.63) is 82.0 Å². The van der Waals surface area contributed by atoms with Crippen molar-refractivity contribution in [1.29, 1.82) is 0 Å². The molecule has 0 saturated carbocycles. The number of carbonyl (C=O) groups excluding carboxylic acids is 1. The van der Waals surface area contributed by atoms with Gasteiger partial charge in [0.2, 0.25) is 17.2 Å². The summed E-state index contributed by atoms with van der Waals surface area (Å²) in [5, 5.41) is 15.0. The minimum absolute atomic E-state index is 0.0233. The zero-order valence-electron chi connectivity index (χ0n) is 11.3. The number of nitrogens with zero attached hydrogens (tertiary/aromatic N) is 2. The first kappa shape index (κ1) is 13.7. The van der Waals surface area contributed by atoms with E-state index < -0.39 is 16.4 Å². The Kier molecular flexibility index (Phi) is 3.49. The van der Waals surface area contributed by atoms with E-state index in [0.717, 1.165) is 0 Å². The number of hydrogen-bond acceptors (Lipinski definition) is 5. The Bertz CT molecular complexity index is 826. The highest BCUT2D eigenvalue weighted by molar-refractivity contribution is 6.11. The second-order valence-corrected chi connectivity index (χ2v) is 4.53. The number of carbonyl (C=O) groups is 1. The first-order chi connectivity index (χ1) is 10.7. The Hall–Kier alpha value is -3.28. The lowest BCUT2D eigenvalue weighted by Gasteiger charge is -1.97. The van der Waals surface area contributed by atoms with E-state index in [1.54, 1.807) is 60.7 Å². The molecule has 0 aliphatic heterocycles. The summed E-state index contributed by atoms with van der Waals surface area (Å²) >= 11 is 0. The van der Waals surface area contributed by atoms with Crippen LogP contribution in [0.4, 0.5) is 5.69 Å². The van der Waals surface area contributed by atoms with Crippen molar-refractivity contribution in [3.63, 3.8) is 0 Å². The third-order valence-corrected chi connectivity index (χ3v) is 3.14. The third-order valence-electron chi connectivity index (χ3n) is 3.14. The van der Waals surface area contributed by atoms with E-state index in [0.29, 0.717) is 11.1 Å². The van der Waals surface area contributed by atoms with Crippen molar-refractivity contribution in [3.8, 4) is 11.3 Å². The third kappa shape index (κ3) is 2.37. The number of nitro groups is 1. The van der Waals surface area contributed by atoms with Crippen LogP contribution >= 0.6 is 0 Å². The van der Waals surface area contributed by atoms with E-state index >= 15 is 0 Å². The molecular weight excluding hydrogens is 284 g/mol. The summed E-state index contributed by atoms with van der Waals surface area (Å²) in [7, 11) is 0. The van der Waals surface area contributed by atoms with Gasteiger partial charge in [0.15, 0.2) is 0 Å². The van der Waals surface area contributed by atoms with Crippen LogP contribution in [-0.4, -0.2) is 15.9 Å².